The van der Waals surface area contributed by atoms with Crippen LogP contribution in [0.1, 0.15) is 15.9 Å². The summed E-state index contributed by atoms with van der Waals surface area (Å²) in [6.45, 7) is 5.94. The molecule has 0 saturated carbocycles. The van der Waals surface area contributed by atoms with Crippen LogP contribution in [0.3, 0.4) is 0 Å². The van der Waals surface area contributed by atoms with Crippen molar-refractivity contribution in [3.05, 3.63) is 95.3 Å². The Bertz CT molecular complexity index is 1750. The maximum atomic E-state index is 12.9. The van der Waals surface area contributed by atoms with Crippen molar-refractivity contribution in [2.45, 2.75) is 23.3 Å². The number of thiazole rings is 1. The quantitative estimate of drug-likeness (QED) is 0.345. The van der Waals surface area contributed by atoms with Gasteiger partial charge in [-0.25, -0.2) is 22.0 Å². The number of aromatic nitrogens is 1. The second-order valence-electron chi connectivity index (χ2n) is 7.87. The Morgan fingerprint density at radius 2 is 1.67 bits per heavy atom. The third-order valence-electron chi connectivity index (χ3n) is 5.21. The second kappa shape index (κ2) is 9.82. The van der Waals surface area contributed by atoms with Gasteiger partial charge in [0.25, 0.3) is 15.9 Å². The predicted octanol–water partition coefficient (Wildman–Crippen LogP) is 3.39. The number of primary sulfonamides is 1. The molecular weight excluding hydrogens is 520 g/mol. The van der Waals surface area contributed by atoms with Crippen LogP contribution in [0.15, 0.2) is 94.2 Å². The van der Waals surface area contributed by atoms with E-state index in [-0.39, 0.29) is 15.4 Å². The number of rotatable bonds is 7. The van der Waals surface area contributed by atoms with Gasteiger partial charge in [-0.2, -0.15) is 4.99 Å². The van der Waals surface area contributed by atoms with Crippen molar-refractivity contribution >= 4 is 53.2 Å². The van der Waals surface area contributed by atoms with E-state index < -0.39 is 26.0 Å². The van der Waals surface area contributed by atoms with Crippen molar-refractivity contribution < 1.29 is 21.6 Å². The summed E-state index contributed by atoms with van der Waals surface area (Å²) in [5, 5.41) is 5.23. The molecule has 9 nitrogen and oxygen atoms in total. The number of benzene rings is 3. The lowest BCUT2D eigenvalue weighted by Crippen LogP contribution is -2.16. The molecule has 0 spiro atoms. The van der Waals surface area contributed by atoms with Crippen molar-refractivity contribution in [2.75, 3.05) is 4.72 Å². The molecule has 4 rings (SSSR count). The number of nitrogens with zero attached hydrogens (tertiary/aromatic N) is 2. The van der Waals surface area contributed by atoms with Gasteiger partial charge in [0.15, 0.2) is 4.80 Å². The van der Waals surface area contributed by atoms with E-state index in [1.165, 1.54) is 48.5 Å². The molecule has 12 heteroatoms. The van der Waals surface area contributed by atoms with Gasteiger partial charge in [-0.1, -0.05) is 35.1 Å². The fourth-order valence-electron chi connectivity index (χ4n) is 3.39. The zero-order chi connectivity index (χ0) is 26.1. The Hall–Kier alpha value is -3.58. The van der Waals surface area contributed by atoms with Crippen LogP contribution in [0, 0.1) is 6.92 Å². The van der Waals surface area contributed by atoms with Crippen molar-refractivity contribution in [1.82, 2.24) is 4.57 Å². The molecular formula is C24H22N4O5S3. The smallest absolute Gasteiger partial charge is 0.279 e. The van der Waals surface area contributed by atoms with Crippen LogP contribution in [0.25, 0.3) is 10.2 Å². The number of hydrogen-bond donors (Lipinski definition) is 2. The van der Waals surface area contributed by atoms with Gasteiger partial charge in [-0.05, 0) is 61.5 Å². The van der Waals surface area contributed by atoms with Gasteiger partial charge in [0, 0.05) is 17.8 Å². The third-order valence-corrected chi connectivity index (χ3v) is 8.56. The highest BCUT2D eigenvalue weighted by molar-refractivity contribution is 7.92. The minimum absolute atomic E-state index is 0.0384. The first-order chi connectivity index (χ1) is 17.0. The maximum Gasteiger partial charge on any atom is 0.279 e. The first kappa shape index (κ1) is 25.5. The van der Waals surface area contributed by atoms with Gasteiger partial charge in [0.1, 0.15) is 0 Å². The number of fused-ring (bicyclic) bond motifs is 1. The third kappa shape index (κ3) is 5.46. The monoisotopic (exact) mass is 542 g/mol. The predicted molar refractivity (Wildman–Crippen MR) is 140 cm³/mol. The number of aryl methyl sites for hydroxylation is 1. The van der Waals surface area contributed by atoms with E-state index >= 15 is 0 Å². The van der Waals surface area contributed by atoms with Gasteiger partial charge in [0.05, 0.1) is 20.0 Å². The number of amides is 1. The highest BCUT2D eigenvalue weighted by Crippen LogP contribution is 2.22. The first-order valence-electron chi connectivity index (χ1n) is 10.5. The average molecular weight is 543 g/mol. The molecule has 0 aliphatic rings. The number of nitrogens with one attached hydrogen (secondary N) is 1. The van der Waals surface area contributed by atoms with Crippen molar-refractivity contribution in [2.24, 2.45) is 10.1 Å². The van der Waals surface area contributed by atoms with E-state index in [1.54, 1.807) is 28.8 Å². The Labute approximate surface area is 212 Å². The van der Waals surface area contributed by atoms with Crippen LogP contribution >= 0.6 is 11.3 Å². The molecule has 0 aliphatic heterocycles. The number of sulfonamides is 2. The molecule has 36 heavy (non-hydrogen) atoms. The summed E-state index contributed by atoms with van der Waals surface area (Å²) < 4.78 is 53.4. The topological polar surface area (TPSA) is 141 Å². The average Bonchev–Trinajstić information content (AvgIpc) is 3.15. The molecule has 0 radical (unpaired) electrons. The molecule has 3 aromatic carbocycles. The maximum absolute atomic E-state index is 12.9. The van der Waals surface area contributed by atoms with Gasteiger partial charge in [-0.15, -0.1) is 6.58 Å². The Kier molecular flexibility index (Phi) is 6.96. The highest BCUT2D eigenvalue weighted by Gasteiger charge is 2.15. The minimum Gasteiger partial charge on any atom is -0.312 e. The van der Waals surface area contributed by atoms with Crippen LogP contribution in [-0.2, 0) is 26.6 Å². The summed E-state index contributed by atoms with van der Waals surface area (Å²) in [6, 6.07) is 16.8. The molecule has 186 valence electrons. The molecule has 0 aliphatic carbocycles. The molecule has 4 aromatic rings. The molecule has 0 bridgehead atoms. The van der Waals surface area contributed by atoms with Crippen molar-refractivity contribution in [3.63, 3.8) is 0 Å². The van der Waals surface area contributed by atoms with E-state index in [9.17, 15) is 21.6 Å². The first-order valence-corrected chi connectivity index (χ1v) is 14.4. The lowest BCUT2D eigenvalue weighted by Gasteiger charge is -2.08. The number of allylic oxidation sites excluding steroid dienone is 1. The van der Waals surface area contributed by atoms with Crippen LogP contribution in [0.4, 0.5) is 5.69 Å². The van der Waals surface area contributed by atoms with E-state index in [1.807, 2.05) is 6.92 Å². The summed E-state index contributed by atoms with van der Waals surface area (Å²) in [4.78, 5) is 17.5. The molecule has 0 fully saturated rings. The Morgan fingerprint density at radius 3 is 2.28 bits per heavy atom. The fraction of sp³-hybridized carbons (Fsp3) is 0.0833. The van der Waals surface area contributed by atoms with Crippen molar-refractivity contribution in [1.29, 1.82) is 0 Å². The zero-order valence-corrected chi connectivity index (χ0v) is 21.5. The number of hydrogen-bond acceptors (Lipinski definition) is 6. The Balaban J connectivity index is 1.63. The normalized spacial score (nSPS) is 12.6. The molecule has 0 unspecified atom stereocenters. The van der Waals surface area contributed by atoms with Crippen LogP contribution in [0.5, 0.6) is 0 Å². The molecule has 0 saturated heterocycles. The summed E-state index contributed by atoms with van der Waals surface area (Å²) in [5.41, 5.74) is 2.17. The largest absolute Gasteiger partial charge is 0.312 e. The number of nitrogens with two attached hydrogens (primary N) is 1. The molecule has 3 N–H and O–H groups in total. The lowest BCUT2D eigenvalue weighted by atomic mass is 10.2. The summed E-state index contributed by atoms with van der Waals surface area (Å²) in [7, 11) is -7.66. The SMILES string of the molecule is C=CCn1c(=NC(=O)c2ccc(NS(=O)(=O)c3ccc(C)cc3)cc2)sc2cc(S(N)(=O)=O)ccc21. The van der Waals surface area contributed by atoms with Gasteiger partial charge >= 0.3 is 0 Å². The van der Waals surface area contributed by atoms with Gasteiger partial charge in [0.2, 0.25) is 10.0 Å². The summed E-state index contributed by atoms with van der Waals surface area (Å²) >= 11 is 1.14. The standard InChI is InChI=1S/C24H22N4O5S3/c1-3-14-28-21-13-12-20(35(25,30)31)15-22(21)34-24(28)26-23(29)17-6-8-18(9-7-17)27-36(32,33)19-10-4-16(2)5-11-19/h3-13,15,27H,1,14H2,2H3,(H2,25,30,31). The van der Waals surface area contributed by atoms with Crippen LogP contribution in [-0.4, -0.2) is 27.3 Å². The molecule has 0 atom stereocenters. The summed E-state index contributed by atoms with van der Waals surface area (Å²) in [6.07, 6.45) is 1.64. The fourth-order valence-corrected chi connectivity index (χ4v) is 6.14. The van der Waals surface area contributed by atoms with E-state index in [0.29, 0.717) is 27.3 Å². The van der Waals surface area contributed by atoms with E-state index in [4.69, 9.17) is 5.14 Å². The van der Waals surface area contributed by atoms with E-state index in [0.717, 1.165) is 16.9 Å². The summed E-state index contributed by atoms with van der Waals surface area (Å²) in [5.74, 6) is -0.543. The lowest BCUT2D eigenvalue weighted by molar-refractivity contribution is 0.0998. The van der Waals surface area contributed by atoms with Gasteiger partial charge in [-0.3, -0.25) is 9.52 Å². The number of anilines is 1. The number of carbonyl (C=O) groups is 1. The second-order valence-corrected chi connectivity index (χ2v) is 12.1. The number of carbonyl (C=O) groups excluding carboxylic acids is 1. The molecule has 1 amide bonds. The van der Waals surface area contributed by atoms with Gasteiger partial charge < -0.3 is 4.57 Å². The Morgan fingerprint density at radius 1 is 1.03 bits per heavy atom. The minimum atomic E-state index is -3.88. The van der Waals surface area contributed by atoms with E-state index in [2.05, 4.69) is 16.3 Å². The zero-order valence-electron chi connectivity index (χ0n) is 19.1. The molecule has 1 heterocycles. The van der Waals surface area contributed by atoms with Crippen LogP contribution in [0.2, 0.25) is 0 Å². The van der Waals surface area contributed by atoms with Crippen LogP contribution < -0.4 is 14.7 Å². The molecule has 1 aromatic heterocycles. The highest BCUT2D eigenvalue weighted by atomic mass is 32.2. The van der Waals surface area contributed by atoms with Crippen molar-refractivity contribution in [3.8, 4) is 0 Å².